The zero-order valence-corrected chi connectivity index (χ0v) is 18.7. The number of rotatable bonds is 5. The Balaban J connectivity index is 1.36. The first kappa shape index (κ1) is 21.4. The maximum absolute atomic E-state index is 13.0. The van der Waals surface area contributed by atoms with Crippen molar-refractivity contribution in [3.8, 4) is 0 Å². The van der Waals surface area contributed by atoms with E-state index in [2.05, 4.69) is 26.7 Å². The number of nitrogens with zero attached hydrogens (tertiary/aromatic N) is 3. The number of benzene rings is 2. The Hall–Kier alpha value is -2.87. The van der Waals surface area contributed by atoms with Gasteiger partial charge in [-0.05, 0) is 29.7 Å². The van der Waals surface area contributed by atoms with Crippen LogP contribution in [0.3, 0.4) is 0 Å². The van der Waals surface area contributed by atoms with Crippen molar-refractivity contribution >= 4 is 33.1 Å². The predicted molar refractivity (Wildman–Crippen MR) is 123 cm³/mol. The second-order valence-corrected chi connectivity index (χ2v) is 10.4. The van der Waals surface area contributed by atoms with E-state index in [1.54, 1.807) is 24.3 Å². The van der Waals surface area contributed by atoms with E-state index in [4.69, 9.17) is 0 Å². The van der Waals surface area contributed by atoms with E-state index >= 15 is 0 Å². The van der Waals surface area contributed by atoms with Crippen molar-refractivity contribution in [2.24, 2.45) is 9.81 Å². The Morgan fingerprint density at radius 1 is 1.00 bits per heavy atom. The Morgan fingerprint density at radius 3 is 2.35 bits per heavy atom. The molecule has 2 aliphatic heterocycles. The van der Waals surface area contributed by atoms with Crippen molar-refractivity contribution in [2.45, 2.75) is 31.6 Å². The number of carbonyl (C=O) groups excluding carboxylic acids is 1. The van der Waals surface area contributed by atoms with Crippen LogP contribution in [0.15, 0.2) is 63.9 Å². The smallest absolute Gasteiger partial charge is 0.286 e. The summed E-state index contributed by atoms with van der Waals surface area (Å²) in [6.07, 6.45) is 0.705. The molecular weight excluding hydrogens is 412 g/mol. The monoisotopic (exact) mass is 440 g/mol. The lowest BCUT2D eigenvalue weighted by Crippen LogP contribution is -2.49. The van der Waals surface area contributed by atoms with E-state index in [0.29, 0.717) is 37.5 Å². The average molecular weight is 441 g/mol. The van der Waals surface area contributed by atoms with Crippen molar-refractivity contribution in [1.29, 1.82) is 0 Å². The number of amidine groups is 1. The summed E-state index contributed by atoms with van der Waals surface area (Å²) in [6, 6.07) is 17.0. The van der Waals surface area contributed by atoms with Gasteiger partial charge in [-0.15, -0.1) is 4.40 Å². The fourth-order valence-corrected chi connectivity index (χ4v) is 5.28. The second kappa shape index (κ2) is 8.34. The van der Waals surface area contributed by atoms with Gasteiger partial charge in [-0.2, -0.15) is 8.42 Å². The molecule has 0 spiro atoms. The number of hydrogen-bond donors (Lipinski definition) is 1. The molecule has 1 N–H and O–H groups in total. The SMILES string of the molecule is CC(C)(CC(=O)N1CCN(c2ccccc2)CC1)CC1=NS(=O)(=O)c2ccccc2N1. The highest BCUT2D eigenvalue weighted by molar-refractivity contribution is 7.90. The Labute approximate surface area is 183 Å². The summed E-state index contributed by atoms with van der Waals surface area (Å²) in [4.78, 5) is 17.3. The van der Waals surface area contributed by atoms with Gasteiger partial charge in [0.1, 0.15) is 10.7 Å². The molecule has 0 unspecified atom stereocenters. The number of fused-ring (bicyclic) bond motifs is 1. The van der Waals surface area contributed by atoms with Gasteiger partial charge in [-0.1, -0.05) is 44.2 Å². The molecule has 2 aromatic rings. The molecule has 2 heterocycles. The molecule has 1 saturated heterocycles. The van der Waals surface area contributed by atoms with Gasteiger partial charge in [0.2, 0.25) is 5.91 Å². The van der Waals surface area contributed by atoms with Gasteiger partial charge in [-0.25, -0.2) is 0 Å². The molecular formula is C23H28N4O3S. The summed E-state index contributed by atoms with van der Waals surface area (Å²) in [5, 5.41) is 3.12. The Bertz CT molecular complexity index is 1090. The number of amides is 1. The number of nitrogens with one attached hydrogen (secondary N) is 1. The van der Waals surface area contributed by atoms with Crippen LogP contribution in [0.1, 0.15) is 26.7 Å². The van der Waals surface area contributed by atoms with Crippen molar-refractivity contribution in [3.63, 3.8) is 0 Å². The molecule has 0 radical (unpaired) electrons. The lowest BCUT2D eigenvalue weighted by molar-refractivity contribution is -0.133. The number of para-hydroxylation sites is 2. The van der Waals surface area contributed by atoms with Crippen LogP contribution in [0.25, 0.3) is 0 Å². The molecule has 1 amide bonds. The van der Waals surface area contributed by atoms with Gasteiger partial charge in [0.25, 0.3) is 10.0 Å². The lowest BCUT2D eigenvalue weighted by Gasteiger charge is -2.37. The molecule has 31 heavy (non-hydrogen) atoms. The van der Waals surface area contributed by atoms with E-state index < -0.39 is 15.4 Å². The van der Waals surface area contributed by atoms with Crippen LogP contribution in [-0.2, 0) is 14.8 Å². The summed E-state index contributed by atoms with van der Waals surface area (Å²) < 4.78 is 28.9. The van der Waals surface area contributed by atoms with Crippen molar-refractivity contribution in [2.75, 3.05) is 36.4 Å². The molecule has 0 atom stereocenters. The average Bonchev–Trinajstić information content (AvgIpc) is 2.73. The largest absolute Gasteiger partial charge is 0.368 e. The van der Waals surface area contributed by atoms with E-state index in [9.17, 15) is 13.2 Å². The molecule has 164 valence electrons. The van der Waals surface area contributed by atoms with Crippen LogP contribution in [0, 0.1) is 5.41 Å². The zero-order valence-electron chi connectivity index (χ0n) is 17.9. The summed E-state index contributed by atoms with van der Waals surface area (Å²) in [6.45, 7) is 6.93. The van der Waals surface area contributed by atoms with Crippen LogP contribution in [-0.4, -0.2) is 51.2 Å². The van der Waals surface area contributed by atoms with Crippen molar-refractivity contribution < 1.29 is 13.2 Å². The third-order valence-electron chi connectivity index (χ3n) is 5.70. The summed E-state index contributed by atoms with van der Waals surface area (Å²) in [5.41, 5.74) is 1.28. The quantitative estimate of drug-likeness (QED) is 0.771. The highest BCUT2D eigenvalue weighted by atomic mass is 32.2. The normalized spacial score (nSPS) is 18.1. The number of piperazine rings is 1. The fraction of sp³-hybridized carbons (Fsp3) is 0.391. The topological polar surface area (TPSA) is 82.1 Å². The highest BCUT2D eigenvalue weighted by Gasteiger charge is 2.32. The number of sulfonamides is 1. The minimum Gasteiger partial charge on any atom is -0.368 e. The molecule has 1 fully saturated rings. The Morgan fingerprint density at radius 2 is 1.65 bits per heavy atom. The molecule has 7 nitrogen and oxygen atoms in total. The van der Waals surface area contributed by atoms with Crippen LogP contribution < -0.4 is 10.2 Å². The molecule has 2 aromatic carbocycles. The first-order chi connectivity index (χ1) is 14.7. The highest BCUT2D eigenvalue weighted by Crippen LogP contribution is 2.32. The summed E-state index contributed by atoms with van der Waals surface area (Å²) in [5.74, 6) is 0.475. The molecule has 2 aliphatic rings. The molecule has 4 rings (SSSR count). The van der Waals surface area contributed by atoms with Gasteiger partial charge >= 0.3 is 0 Å². The maximum atomic E-state index is 13.0. The number of carbonyl (C=O) groups is 1. The Kier molecular flexibility index (Phi) is 5.75. The fourth-order valence-electron chi connectivity index (χ4n) is 4.13. The van der Waals surface area contributed by atoms with Gasteiger partial charge in [0, 0.05) is 44.7 Å². The molecule has 8 heteroatoms. The van der Waals surface area contributed by atoms with Gasteiger partial charge < -0.3 is 15.1 Å². The van der Waals surface area contributed by atoms with Gasteiger partial charge in [0.05, 0.1) is 5.69 Å². The molecule has 0 bridgehead atoms. The van der Waals surface area contributed by atoms with E-state index in [1.807, 2.05) is 36.9 Å². The zero-order chi connectivity index (χ0) is 22.1. The van der Waals surface area contributed by atoms with Crippen molar-refractivity contribution in [1.82, 2.24) is 4.90 Å². The lowest BCUT2D eigenvalue weighted by atomic mass is 9.84. The third kappa shape index (κ3) is 4.90. The maximum Gasteiger partial charge on any atom is 0.286 e. The number of anilines is 2. The van der Waals surface area contributed by atoms with Gasteiger partial charge in [0.15, 0.2) is 0 Å². The molecule has 0 saturated carbocycles. The second-order valence-electron chi connectivity index (χ2n) is 8.86. The van der Waals surface area contributed by atoms with E-state index in [-0.39, 0.29) is 10.8 Å². The van der Waals surface area contributed by atoms with Crippen molar-refractivity contribution in [3.05, 3.63) is 54.6 Å². The molecule has 0 aromatic heterocycles. The molecule has 0 aliphatic carbocycles. The summed E-state index contributed by atoms with van der Waals surface area (Å²) in [7, 11) is -3.72. The standard InChI is InChI=1S/C23H28N4O3S/c1-23(2,16-21-24-19-10-6-7-11-20(19)31(29,30)25-21)17-22(28)27-14-12-26(13-15-27)18-8-4-3-5-9-18/h3-11H,12-17H2,1-2H3,(H,24,25). The van der Waals surface area contributed by atoms with Crippen LogP contribution in [0.5, 0.6) is 0 Å². The van der Waals surface area contributed by atoms with E-state index in [1.165, 1.54) is 5.69 Å². The van der Waals surface area contributed by atoms with Crippen LogP contribution in [0.2, 0.25) is 0 Å². The first-order valence-electron chi connectivity index (χ1n) is 10.5. The van der Waals surface area contributed by atoms with Gasteiger partial charge in [-0.3, -0.25) is 4.79 Å². The minimum atomic E-state index is -3.72. The third-order valence-corrected chi connectivity index (χ3v) is 7.08. The number of hydrogen-bond acceptors (Lipinski definition) is 5. The van der Waals surface area contributed by atoms with Crippen LogP contribution >= 0.6 is 0 Å². The minimum absolute atomic E-state index is 0.0948. The first-order valence-corrected chi connectivity index (χ1v) is 12.0. The predicted octanol–water partition coefficient (Wildman–Crippen LogP) is 3.35. The van der Waals surface area contributed by atoms with E-state index in [0.717, 1.165) is 13.1 Å². The van der Waals surface area contributed by atoms with Crippen LogP contribution in [0.4, 0.5) is 11.4 Å². The summed E-state index contributed by atoms with van der Waals surface area (Å²) >= 11 is 0.